The number of benzene rings is 1. The molecule has 0 saturated heterocycles. The number of nitrogens with one attached hydrogen (secondary N) is 1. The lowest BCUT2D eigenvalue weighted by molar-refractivity contribution is 0.414. The van der Waals surface area contributed by atoms with Gasteiger partial charge in [0.05, 0.1) is 20.7 Å². The third-order valence-electron chi connectivity index (χ3n) is 3.11. The Kier molecular flexibility index (Phi) is 6.56. The molecule has 0 aliphatic rings. The highest BCUT2D eigenvalue weighted by atomic mass is 79.9. The number of methoxy groups -OCH3 is 1. The molecule has 2 nitrogen and oxygen atoms in total. The van der Waals surface area contributed by atoms with Gasteiger partial charge in [0.15, 0.2) is 0 Å². The van der Waals surface area contributed by atoms with Gasteiger partial charge in [-0.25, -0.2) is 0 Å². The van der Waals surface area contributed by atoms with Gasteiger partial charge in [-0.1, -0.05) is 24.6 Å². The molecule has 0 spiro atoms. The van der Waals surface area contributed by atoms with Gasteiger partial charge in [0, 0.05) is 5.02 Å². The zero-order chi connectivity index (χ0) is 15.4. The Hall–Kier alpha value is -0.0700. The second kappa shape index (κ2) is 7.97. The molecule has 1 atom stereocenters. The summed E-state index contributed by atoms with van der Waals surface area (Å²) in [6.07, 6.45) is 1.06. The molecule has 1 aromatic heterocycles. The van der Waals surface area contributed by atoms with Crippen LogP contribution in [0, 0.1) is 0 Å². The van der Waals surface area contributed by atoms with Crippen LogP contribution in [-0.4, -0.2) is 13.7 Å². The molecule has 0 bridgehead atoms. The minimum Gasteiger partial charge on any atom is -0.497 e. The molecule has 2 rings (SSSR count). The van der Waals surface area contributed by atoms with Crippen LogP contribution in [0.2, 0.25) is 5.02 Å². The molecule has 6 heteroatoms. The Morgan fingerprint density at radius 3 is 2.57 bits per heavy atom. The summed E-state index contributed by atoms with van der Waals surface area (Å²) in [7, 11) is 1.64. The van der Waals surface area contributed by atoms with Crippen LogP contribution in [0.5, 0.6) is 5.75 Å². The number of hydrogen-bond acceptors (Lipinski definition) is 3. The largest absolute Gasteiger partial charge is 0.497 e. The fourth-order valence-corrected chi connectivity index (χ4v) is 5.28. The van der Waals surface area contributed by atoms with E-state index in [1.165, 1.54) is 5.56 Å². The van der Waals surface area contributed by atoms with Crippen LogP contribution in [0.4, 0.5) is 0 Å². The molecule has 2 aromatic rings. The molecule has 1 aromatic carbocycles. The lowest BCUT2D eigenvalue weighted by Crippen LogP contribution is -2.23. The molecule has 1 N–H and O–H groups in total. The van der Waals surface area contributed by atoms with Gasteiger partial charge in [0.25, 0.3) is 0 Å². The van der Waals surface area contributed by atoms with Crippen LogP contribution in [0.3, 0.4) is 0 Å². The summed E-state index contributed by atoms with van der Waals surface area (Å²) >= 11 is 15.3. The predicted octanol–water partition coefficient (Wildman–Crippen LogP) is 6.02. The first kappa shape index (κ1) is 17.3. The number of rotatable bonds is 6. The van der Waals surface area contributed by atoms with Crippen molar-refractivity contribution in [1.82, 2.24) is 5.32 Å². The Bertz CT molecular complexity index is 618. The summed E-state index contributed by atoms with van der Waals surface area (Å²) in [5, 5.41) is 4.27. The highest BCUT2D eigenvalue weighted by molar-refractivity contribution is 9.12. The van der Waals surface area contributed by atoms with E-state index >= 15 is 0 Å². The molecule has 21 heavy (non-hydrogen) atoms. The number of ether oxygens (including phenoxy) is 1. The Labute approximate surface area is 151 Å². The number of halogens is 3. The highest BCUT2D eigenvalue weighted by Gasteiger charge is 2.21. The van der Waals surface area contributed by atoms with Gasteiger partial charge in [-0.15, -0.1) is 11.3 Å². The summed E-state index contributed by atoms with van der Waals surface area (Å²) < 4.78 is 7.43. The van der Waals surface area contributed by atoms with Gasteiger partial charge in [-0.2, -0.15) is 0 Å². The van der Waals surface area contributed by atoms with E-state index in [9.17, 15) is 0 Å². The smallest absolute Gasteiger partial charge is 0.120 e. The lowest BCUT2D eigenvalue weighted by Gasteiger charge is -2.20. The molecular formula is C15H16Br2ClNOS. The van der Waals surface area contributed by atoms with E-state index in [-0.39, 0.29) is 6.04 Å². The molecule has 114 valence electrons. The minimum atomic E-state index is 0.0558. The second-order valence-corrected chi connectivity index (χ2v) is 8.71. The first-order valence-electron chi connectivity index (χ1n) is 6.58. The minimum absolute atomic E-state index is 0.0558. The maximum Gasteiger partial charge on any atom is 0.120 e. The lowest BCUT2D eigenvalue weighted by atomic mass is 10.0. The summed E-state index contributed by atoms with van der Waals surface area (Å²) in [4.78, 5) is 0. The van der Waals surface area contributed by atoms with Crippen LogP contribution in [0.15, 0.2) is 31.8 Å². The van der Waals surface area contributed by atoms with E-state index in [1.807, 2.05) is 18.2 Å². The highest BCUT2D eigenvalue weighted by Crippen LogP contribution is 2.40. The topological polar surface area (TPSA) is 21.3 Å². The van der Waals surface area contributed by atoms with Crippen molar-refractivity contribution >= 4 is 54.8 Å². The van der Waals surface area contributed by atoms with Crippen LogP contribution in [0.1, 0.15) is 30.5 Å². The summed E-state index contributed by atoms with van der Waals surface area (Å²) in [6, 6.07) is 8.00. The average Bonchev–Trinajstić information content (AvgIpc) is 2.79. The first-order chi connectivity index (χ1) is 10.1. The molecule has 1 heterocycles. The molecule has 0 radical (unpaired) electrons. The average molecular weight is 454 g/mol. The van der Waals surface area contributed by atoms with E-state index in [0.717, 1.165) is 31.9 Å². The van der Waals surface area contributed by atoms with Crippen molar-refractivity contribution in [2.45, 2.75) is 19.4 Å². The summed E-state index contributed by atoms with van der Waals surface area (Å²) in [5.41, 5.74) is 2.24. The molecule has 0 aliphatic carbocycles. The van der Waals surface area contributed by atoms with Gasteiger partial charge in [0.2, 0.25) is 0 Å². The van der Waals surface area contributed by atoms with Crippen molar-refractivity contribution in [2.24, 2.45) is 0 Å². The normalized spacial score (nSPS) is 12.4. The van der Waals surface area contributed by atoms with Crippen molar-refractivity contribution in [3.05, 3.63) is 48.0 Å². The van der Waals surface area contributed by atoms with Crippen molar-refractivity contribution < 1.29 is 4.74 Å². The van der Waals surface area contributed by atoms with E-state index < -0.39 is 0 Å². The van der Waals surface area contributed by atoms with Crippen LogP contribution < -0.4 is 10.1 Å². The van der Waals surface area contributed by atoms with Gasteiger partial charge >= 0.3 is 0 Å². The molecular weight excluding hydrogens is 437 g/mol. The second-order valence-electron chi connectivity index (χ2n) is 4.55. The van der Waals surface area contributed by atoms with E-state index in [0.29, 0.717) is 5.02 Å². The molecule has 1 unspecified atom stereocenters. The molecule has 0 saturated carbocycles. The van der Waals surface area contributed by atoms with Crippen LogP contribution >= 0.6 is 54.8 Å². The molecule has 0 aliphatic heterocycles. The monoisotopic (exact) mass is 451 g/mol. The van der Waals surface area contributed by atoms with Crippen LogP contribution in [0.25, 0.3) is 0 Å². The van der Waals surface area contributed by atoms with Crippen molar-refractivity contribution in [3.8, 4) is 5.75 Å². The Morgan fingerprint density at radius 2 is 2.05 bits per heavy atom. The van der Waals surface area contributed by atoms with Crippen molar-refractivity contribution in [2.75, 3.05) is 13.7 Å². The maximum atomic E-state index is 6.45. The third kappa shape index (κ3) is 4.23. The maximum absolute atomic E-state index is 6.45. The van der Waals surface area contributed by atoms with E-state index in [2.05, 4.69) is 50.2 Å². The van der Waals surface area contributed by atoms with E-state index in [4.69, 9.17) is 16.3 Å². The zero-order valence-electron chi connectivity index (χ0n) is 11.8. The Morgan fingerprint density at radius 1 is 1.29 bits per heavy atom. The number of hydrogen-bond donors (Lipinski definition) is 1. The zero-order valence-corrected chi connectivity index (χ0v) is 16.5. The quantitative estimate of drug-likeness (QED) is 0.577. The molecule has 0 amide bonds. The summed E-state index contributed by atoms with van der Waals surface area (Å²) in [6.45, 7) is 3.07. The van der Waals surface area contributed by atoms with E-state index in [1.54, 1.807) is 18.4 Å². The van der Waals surface area contributed by atoms with Gasteiger partial charge in [0.1, 0.15) is 5.75 Å². The van der Waals surface area contributed by atoms with Crippen molar-refractivity contribution in [1.29, 1.82) is 0 Å². The fourth-order valence-electron chi connectivity index (χ4n) is 2.09. The predicted molar refractivity (Wildman–Crippen MR) is 97.9 cm³/mol. The molecule has 0 fully saturated rings. The van der Waals surface area contributed by atoms with Crippen LogP contribution in [-0.2, 0) is 0 Å². The first-order valence-corrected chi connectivity index (χ1v) is 9.36. The third-order valence-corrected chi connectivity index (χ3v) is 5.82. The Balaban J connectivity index is 2.42. The van der Waals surface area contributed by atoms with Gasteiger partial charge in [-0.05, 0) is 74.2 Å². The van der Waals surface area contributed by atoms with Gasteiger partial charge in [-0.3, -0.25) is 0 Å². The SMILES string of the molecule is CCCNC(c1ccc(OC)cc1Cl)c1cc(Br)sc1Br. The fraction of sp³-hybridized carbons (Fsp3) is 0.333. The van der Waals surface area contributed by atoms with Crippen molar-refractivity contribution in [3.63, 3.8) is 0 Å². The summed E-state index contributed by atoms with van der Waals surface area (Å²) in [5.74, 6) is 0.767. The standard InChI is InChI=1S/C15H16Br2ClNOS/c1-3-6-19-14(11-8-13(16)21-15(11)17)10-5-4-9(20-2)7-12(10)18/h4-5,7-8,14,19H,3,6H2,1-2H3. The van der Waals surface area contributed by atoms with Gasteiger partial charge < -0.3 is 10.1 Å². The number of thiophene rings is 1.